The molecule has 0 heterocycles. The second-order valence-corrected chi connectivity index (χ2v) is 7.33. The fourth-order valence-corrected chi connectivity index (χ4v) is 3.09. The van der Waals surface area contributed by atoms with Crippen LogP contribution in [0.3, 0.4) is 0 Å². The Balaban J connectivity index is 2.72. The van der Waals surface area contributed by atoms with Gasteiger partial charge in [-0.15, -0.1) is 0 Å². The third-order valence-corrected chi connectivity index (χ3v) is 4.97. The van der Waals surface area contributed by atoms with E-state index < -0.39 is 20.8 Å². The maximum Gasteiger partial charge on any atom is 0.240 e. The Bertz CT molecular complexity index is 485. The third kappa shape index (κ3) is 4.87. The molecule has 0 amide bonds. The van der Waals surface area contributed by atoms with Crippen LogP contribution in [-0.2, 0) is 26.2 Å². The van der Waals surface area contributed by atoms with Crippen LogP contribution >= 0.6 is 15.9 Å². The Kier molecular flexibility index (Phi) is 5.78. The summed E-state index contributed by atoms with van der Waals surface area (Å²) in [5, 5.41) is 0.690. The molecule has 1 aromatic carbocycles. The number of alkyl halides is 1. The van der Waals surface area contributed by atoms with Gasteiger partial charge in [-0.25, -0.2) is 13.1 Å². The summed E-state index contributed by atoms with van der Waals surface area (Å²) in [5.41, 5.74) is 1.01. The molecule has 0 saturated heterocycles. The molecule has 0 aromatic heterocycles. The predicted octanol–water partition coefficient (Wildman–Crippen LogP) is 1.24. The van der Waals surface area contributed by atoms with Gasteiger partial charge in [-0.2, -0.15) is 0 Å². The van der Waals surface area contributed by atoms with Crippen molar-refractivity contribution in [3.05, 3.63) is 29.8 Å². The lowest BCUT2D eigenvalue weighted by Crippen LogP contribution is -2.27. The van der Waals surface area contributed by atoms with E-state index in [-0.39, 0.29) is 11.4 Å². The molecule has 0 spiro atoms. The van der Waals surface area contributed by atoms with E-state index in [1.165, 1.54) is 0 Å². The molecule has 0 bridgehead atoms. The van der Waals surface area contributed by atoms with Gasteiger partial charge in [0, 0.05) is 34.7 Å². The van der Waals surface area contributed by atoms with E-state index in [4.69, 9.17) is 0 Å². The van der Waals surface area contributed by atoms with Gasteiger partial charge < -0.3 is 0 Å². The normalized spacial score (nSPS) is 13.5. The molecule has 1 N–H and O–H groups in total. The van der Waals surface area contributed by atoms with Crippen molar-refractivity contribution < 1.29 is 12.6 Å². The topological polar surface area (TPSA) is 63.2 Å². The average molecular weight is 340 g/mol. The summed E-state index contributed by atoms with van der Waals surface area (Å²) in [6, 6.07) is 6.62. The number of sulfonamides is 1. The van der Waals surface area contributed by atoms with Gasteiger partial charge in [0.2, 0.25) is 10.0 Å². The molecule has 0 aliphatic heterocycles. The zero-order chi connectivity index (χ0) is 12.9. The van der Waals surface area contributed by atoms with Crippen molar-refractivity contribution in [1.29, 1.82) is 0 Å². The lowest BCUT2D eigenvalue weighted by molar-refractivity contribution is 0.584. The summed E-state index contributed by atoms with van der Waals surface area (Å²) in [5.74, 6) is 0.318. The first-order valence-corrected chi connectivity index (χ1v) is 9.23. The molecule has 1 unspecified atom stereocenters. The summed E-state index contributed by atoms with van der Waals surface area (Å²) < 4.78 is 36.8. The van der Waals surface area contributed by atoms with Gasteiger partial charge in [0.05, 0.1) is 4.90 Å². The Morgan fingerprint density at radius 3 is 2.35 bits per heavy atom. The highest BCUT2D eigenvalue weighted by Crippen LogP contribution is 2.12. The van der Waals surface area contributed by atoms with Crippen molar-refractivity contribution in [2.45, 2.75) is 10.2 Å². The number of halogens is 1. The van der Waals surface area contributed by atoms with Crippen molar-refractivity contribution >= 4 is 36.8 Å². The maximum atomic E-state index is 11.8. The maximum absolute atomic E-state index is 11.8. The average Bonchev–Trinajstić information content (AvgIpc) is 2.28. The van der Waals surface area contributed by atoms with Gasteiger partial charge in [0.25, 0.3) is 0 Å². The molecule has 17 heavy (non-hydrogen) atoms. The van der Waals surface area contributed by atoms with Crippen molar-refractivity contribution in [3.8, 4) is 0 Å². The van der Waals surface area contributed by atoms with Gasteiger partial charge in [-0.05, 0) is 17.7 Å². The molecule has 0 aliphatic carbocycles. The van der Waals surface area contributed by atoms with E-state index in [0.29, 0.717) is 11.1 Å². The lowest BCUT2D eigenvalue weighted by atomic mass is 10.2. The molecule has 0 saturated carbocycles. The SMILES string of the molecule is CS(=O)CCNS(=O)(=O)c1ccc(CBr)cc1. The summed E-state index contributed by atoms with van der Waals surface area (Å²) in [7, 11) is -4.48. The fourth-order valence-electron chi connectivity index (χ4n) is 1.16. The van der Waals surface area contributed by atoms with Crippen molar-refractivity contribution in [1.82, 2.24) is 4.72 Å². The van der Waals surface area contributed by atoms with E-state index in [2.05, 4.69) is 20.7 Å². The molecule has 96 valence electrons. The van der Waals surface area contributed by atoms with Crippen LogP contribution in [-0.4, -0.2) is 31.2 Å². The van der Waals surface area contributed by atoms with Crippen LogP contribution in [0.15, 0.2) is 29.2 Å². The molecule has 0 aliphatic rings. The predicted molar refractivity (Wildman–Crippen MR) is 73.2 cm³/mol. The van der Waals surface area contributed by atoms with Crippen LogP contribution in [0.5, 0.6) is 0 Å². The van der Waals surface area contributed by atoms with E-state index in [1.807, 2.05) is 0 Å². The summed E-state index contributed by atoms with van der Waals surface area (Å²) in [4.78, 5) is 0.226. The van der Waals surface area contributed by atoms with Gasteiger partial charge in [-0.3, -0.25) is 4.21 Å². The van der Waals surface area contributed by atoms with E-state index >= 15 is 0 Å². The first-order chi connectivity index (χ1) is 7.95. The quantitative estimate of drug-likeness (QED) is 0.793. The van der Waals surface area contributed by atoms with Gasteiger partial charge in [0.1, 0.15) is 0 Å². The number of nitrogens with one attached hydrogen (secondary N) is 1. The van der Waals surface area contributed by atoms with E-state index in [1.54, 1.807) is 30.5 Å². The summed E-state index contributed by atoms with van der Waals surface area (Å²) >= 11 is 3.29. The largest absolute Gasteiger partial charge is 0.260 e. The Morgan fingerprint density at radius 1 is 1.29 bits per heavy atom. The molecule has 1 aromatic rings. The van der Waals surface area contributed by atoms with Gasteiger partial charge in [0.15, 0.2) is 0 Å². The minimum Gasteiger partial charge on any atom is -0.260 e. The number of benzene rings is 1. The third-order valence-electron chi connectivity index (χ3n) is 2.07. The first kappa shape index (κ1) is 14.8. The monoisotopic (exact) mass is 339 g/mol. The number of hydrogen-bond donors (Lipinski definition) is 1. The zero-order valence-corrected chi connectivity index (χ0v) is 12.6. The molecule has 4 nitrogen and oxygen atoms in total. The van der Waals surface area contributed by atoms with Crippen LogP contribution in [0, 0.1) is 0 Å². The molecular formula is C10H14BrNO3S2. The summed E-state index contributed by atoms with van der Waals surface area (Å²) in [6.45, 7) is 0.186. The minimum absolute atomic E-state index is 0.186. The lowest BCUT2D eigenvalue weighted by Gasteiger charge is -2.06. The molecule has 1 atom stereocenters. The Hall–Kier alpha value is -0.240. The molecule has 0 radical (unpaired) electrons. The standard InChI is InChI=1S/C10H14BrNO3S2/c1-16(13)7-6-12-17(14,15)10-4-2-9(8-11)3-5-10/h2-5,12H,6-8H2,1H3. The first-order valence-electron chi connectivity index (χ1n) is 4.90. The second kappa shape index (κ2) is 6.63. The Morgan fingerprint density at radius 2 is 1.88 bits per heavy atom. The highest BCUT2D eigenvalue weighted by atomic mass is 79.9. The zero-order valence-electron chi connectivity index (χ0n) is 9.35. The van der Waals surface area contributed by atoms with Crippen molar-refractivity contribution in [2.24, 2.45) is 0 Å². The van der Waals surface area contributed by atoms with Crippen LogP contribution in [0.25, 0.3) is 0 Å². The van der Waals surface area contributed by atoms with E-state index in [0.717, 1.165) is 5.56 Å². The Labute approximate surface area is 112 Å². The molecule has 7 heteroatoms. The van der Waals surface area contributed by atoms with E-state index in [9.17, 15) is 12.6 Å². The molecule has 1 rings (SSSR count). The van der Waals surface area contributed by atoms with Gasteiger partial charge in [-0.1, -0.05) is 28.1 Å². The molecular weight excluding hydrogens is 326 g/mol. The summed E-state index contributed by atoms with van der Waals surface area (Å²) in [6.07, 6.45) is 1.54. The fraction of sp³-hybridized carbons (Fsp3) is 0.400. The number of hydrogen-bond acceptors (Lipinski definition) is 3. The number of rotatable bonds is 6. The second-order valence-electron chi connectivity index (χ2n) is 3.45. The highest BCUT2D eigenvalue weighted by Gasteiger charge is 2.12. The molecule has 0 fully saturated rings. The van der Waals surface area contributed by atoms with Crippen molar-refractivity contribution in [3.63, 3.8) is 0 Å². The van der Waals surface area contributed by atoms with Crippen molar-refractivity contribution in [2.75, 3.05) is 18.6 Å². The highest BCUT2D eigenvalue weighted by molar-refractivity contribution is 9.08. The smallest absolute Gasteiger partial charge is 0.240 e. The van der Waals surface area contributed by atoms with Crippen LogP contribution in [0.2, 0.25) is 0 Å². The van der Waals surface area contributed by atoms with Crippen LogP contribution in [0.1, 0.15) is 5.56 Å². The van der Waals surface area contributed by atoms with Crippen LogP contribution < -0.4 is 4.72 Å². The van der Waals surface area contributed by atoms with Gasteiger partial charge >= 0.3 is 0 Å². The minimum atomic E-state index is -3.48. The van der Waals surface area contributed by atoms with Crippen LogP contribution in [0.4, 0.5) is 0 Å².